The molecule has 1 aliphatic heterocycles. The van der Waals surface area contributed by atoms with E-state index in [0.717, 1.165) is 11.1 Å². The van der Waals surface area contributed by atoms with Crippen LogP contribution in [0, 0.1) is 0 Å². The average molecular weight is 285 g/mol. The van der Waals surface area contributed by atoms with Crippen molar-refractivity contribution < 1.29 is 14.3 Å². The van der Waals surface area contributed by atoms with Crippen molar-refractivity contribution >= 4 is 16.9 Å². The van der Waals surface area contributed by atoms with Crippen molar-refractivity contribution in [2.45, 2.75) is 26.0 Å². The van der Waals surface area contributed by atoms with Crippen LogP contribution < -0.4 is 4.74 Å². The molecule has 1 heterocycles. The largest absolute Gasteiger partial charge is 0.490 e. The Bertz CT molecular complexity index is 653. The number of hydrogen-bond donors (Lipinski definition) is 0. The van der Waals surface area contributed by atoms with Gasteiger partial charge in [0.15, 0.2) is 6.10 Å². The number of carbonyl (C=O) groups is 1. The fourth-order valence-electron chi connectivity index (χ4n) is 2.50. The van der Waals surface area contributed by atoms with Gasteiger partial charge in [-0.05, 0) is 36.8 Å². The van der Waals surface area contributed by atoms with Crippen molar-refractivity contribution in [1.82, 2.24) is 4.90 Å². The molecule has 1 aliphatic rings. The van der Waals surface area contributed by atoms with Gasteiger partial charge in [-0.25, -0.2) is 4.79 Å². The number of rotatable bonds is 4. The lowest BCUT2D eigenvalue weighted by molar-refractivity contribution is 0.102. The second kappa shape index (κ2) is 5.64. The van der Waals surface area contributed by atoms with Crippen molar-refractivity contribution in [2.75, 3.05) is 13.2 Å². The van der Waals surface area contributed by atoms with E-state index < -0.39 is 0 Å². The lowest BCUT2D eigenvalue weighted by Gasteiger charge is -2.16. The Morgan fingerprint density at radius 2 is 2.00 bits per heavy atom. The van der Waals surface area contributed by atoms with Crippen molar-refractivity contribution in [1.29, 1.82) is 0 Å². The molecule has 0 N–H and O–H groups in total. The SMILES string of the molecule is CC(C)N1C[C@@H](COc2ccc3ccccc3c2)OC1=O. The van der Waals surface area contributed by atoms with Crippen LogP contribution in [-0.2, 0) is 4.74 Å². The molecule has 0 saturated carbocycles. The Labute approximate surface area is 124 Å². The van der Waals surface area contributed by atoms with Gasteiger partial charge in [0.1, 0.15) is 12.4 Å². The Kier molecular flexibility index (Phi) is 3.69. The number of fused-ring (bicyclic) bond motifs is 1. The summed E-state index contributed by atoms with van der Waals surface area (Å²) in [6.45, 7) is 4.93. The molecule has 0 radical (unpaired) electrons. The van der Waals surface area contributed by atoms with Crippen LogP contribution in [0.1, 0.15) is 13.8 Å². The second-order valence-corrected chi connectivity index (χ2v) is 5.57. The first kappa shape index (κ1) is 13.7. The Morgan fingerprint density at radius 1 is 1.24 bits per heavy atom. The van der Waals surface area contributed by atoms with Gasteiger partial charge in [-0.1, -0.05) is 30.3 Å². The lowest BCUT2D eigenvalue weighted by Crippen LogP contribution is -2.32. The molecule has 0 aromatic heterocycles. The van der Waals surface area contributed by atoms with Gasteiger partial charge in [0.05, 0.1) is 6.54 Å². The zero-order chi connectivity index (χ0) is 14.8. The van der Waals surface area contributed by atoms with E-state index in [1.807, 2.05) is 44.2 Å². The van der Waals surface area contributed by atoms with Gasteiger partial charge in [0, 0.05) is 6.04 Å². The molecule has 4 heteroatoms. The molecule has 0 unspecified atom stereocenters. The van der Waals surface area contributed by atoms with E-state index in [4.69, 9.17) is 9.47 Å². The van der Waals surface area contributed by atoms with E-state index >= 15 is 0 Å². The third kappa shape index (κ3) is 2.94. The van der Waals surface area contributed by atoms with Crippen LogP contribution in [-0.4, -0.2) is 36.3 Å². The summed E-state index contributed by atoms with van der Waals surface area (Å²) in [4.78, 5) is 13.4. The van der Waals surface area contributed by atoms with Crippen LogP contribution in [0.3, 0.4) is 0 Å². The third-order valence-corrected chi connectivity index (χ3v) is 3.68. The topological polar surface area (TPSA) is 38.8 Å². The highest BCUT2D eigenvalue weighted by atomic mass is 16.6. The molecule has 2 aromatic carbocycles. The fourth-order valence-corrected chi connectivity index (χ4v) is 2.50. The normalized spacial score (nSPS) is 18.3. The molecule has 0 bridgehead atoms. The fraction of sp³-hybridized carbons (Fsp3) is 0.353. The van der Waals surface area contributed by atoms with Crippen molar-refractivity contribution in [3.8, 4) is 5.75 Å². The highest BCUT2D eigenvalue weighted by molar-refractivity contribution is 5.83. The molecule has 4 nitrogen and oxygen atoms in total. The van der Waals surface area contributed by atoms with Crippen LogP contribution in [0.5, 0.6) is 5.75 Å². The zero-order valence-corrected chi connectivity index (χ0v) is 12.3. The summed E-state index contributed by atoms with van der Waals surface area (Å²) in [5.74, 6) is 0.799. The molecule has 21 heavy (non-hydrogen) atoms. The summed E-state index contributed by atoms with van der Waals surface area (Å²) in [7, 11) is 0. The van der Waals surface area contributed by atoms with E-state index in [1.54, 1.807) is 4.90 Å². The first-order chi connectivity index (χ1) is 10.1. The number of benzene rings is 2. The van der Waals surface area contributed by atoms with Crippen LogP contribution in [0.2, 0.25) is 0 Å². The minimum absolute atomic E-state index is 0.156. The Balaban J connectivity index is 1.63. The summed E-state index contributed by atoms with van der Waals surface area (Å²) in [5.41, 5.74) is 0. The molecule has 2 aromatic rings. The molecule has 1 amide bonds. The summed E-state index contributed by atoms with van der Waals surface area (Å²) in [5, 5.41) is 2.32. The molecular formula is C17H19NO3. The lowest BCUT2D eigenvalue weighted by atomic mass is 10.1. The number of amides is 1. The maximum absolute atomic E-state index is 11.7. The third-order valence-electron chi connectivity index (χ3n) is 3.68. The highest BCUT2D eigenvalue weighted by Gasteiger charge is 2.33. The van der Waals surface area contributed by atoms with Gasteiger partial charge in [-0.15, -0.1) is 0 Å². The van der Waals surface area contributed by atoms with Crippen LogP contribution in [0.4, 0.5) is 4.79 Å². The smallest absolute Gasteiger partial charge is 0.410 e. The van der Waals surface area contributed by atoms with E-state index in [0.29, 0.717) is 13.2 Å². The van der Waals surface area contributed by atoms with Crippen molar-refractivity contribution in [3.05, 3.63) is 42.5 Å². The zero-order valence-electron chi connectivity index (χ0n) is 12.3. The van der Waals surface area contributed by atoms with E-state index in [9.17, 15) is 4.79 Å². The predicted molar refractivity (Wildman–Crippen MR) is 81.6 cm³/mol. The quantitative estimate of drug-likeness (QED) is 0.863. The second-order valence-electron chi connectivity index (χ2n) is 5.57. The monoisotopic (exact) mass is 285 g/mol. The number of carbonyl (C=O) groups excluding carboxylic acids is 1. The van der Waals surface area contributed by atoms with Gasteiger partial charge in [0.2, 0.25) is 0 Å². The number of cyclic esters (lactones) is 1. The molecule has 0 spiro atoms. The number of ether oxygens (including phenoxy) is 2. The first-order valence-electron chi connectivity index (χ1n) is 7.22. The number of hydrogen-bond acceptors (Lipinski definition) is 3. The van der Waals surface area contributed by atoms with Gasteiger partial charge >= 0.3 is 6.09 Å². The highest BCUT2D eigenvalue weighted by Crippen LogP contribution is 2.22. The minimum Gasteiger partial charge on any atom is -0.490 e. The summed E-state index contributed by atoms with van der Waals surface area (Å²) >= 11 is 0. The maximum atomic E-state index is 11.7. The predicted octanol–water partition coefficient (Wildman–Crippen LogP) is 3.45. The van der Waals surface area contributed by atoms with Gasteiger partial charge in [0.25, 0.3) is 0 Å². The van der Waals surface area contributed by atoms with Crippen LogP contribution >= 0.6 is 0 Å². The summed E-state index contributed by atoms with van der Waals surface area (Å²) in [6.07, 6.45) is -0.455. The average Bonchev–Trinajstić information content (AvgIpc) is 2.86. The molecule has 1 fully saturated rings. The molecule has 3 rings (SSSR count). The van der Waals surface area contributed by atoms with Crippen molar-refractivity contribution in [3.63, 3.8) is 0 Å². The van der Waals surface area contributed by atoms with Crippen molar-refractivity contribution in [2.24, 2.45) is 0 Å². The standard InChI is InChI=1S/C17H19NO3/c1-12(2)18-10-16(21-17(18)19)11-20-15-8-7-13-5-3-4-6-14(13)9-15/h3-9,12,16H,10-11H2,1-2H3/t16-/m0/s1. The van der Waals surface area contributed by atoms with Crippen LogP contribution in [0.25, 0.3) is 10.8 Å². The number of nitrogens with zero attached hydrogens (tertiary/aromatic N) is 1. The van der Waals surface area contributed by atoms with Gasteiger partial charge < -0.3 is 14.4 Å². The van der Waals surface area contributed by atoms with Gasteiger partial charge in [-0.3, -0.25) is 0 Å². The maximum Gasteiger partial charge on any atom is 0.410 e. The Hall–Kier alpha value is -2.23. The van der Waals surface area contributed by atoms with E-state index in [-0.39, 0.29) is 18.2 Å². The summed E-state index contributed by atoms with van der Waals surface area (Å²) < 4.78 is 11.1. The minimum atomic E-state index is -0.253. The molecule has 110 valence electrons. The molecule has 1 saturated heterocycles. The van der Waals surface area contributed by atoms with Gasteiger partial charge in [-0.2, -0.15) is 0 Å². The molecular weight excluding hydrogens is 266 g/mol. The molecule has 0 aliphatic carbocycles. The van der Waals surface area contributed by atoms with E-state index in [2.05, 4.69) is 12.1 Å². The van der Waals surface area contributed by atoms with E-state index in [1.165, 1.54) is 5.39 Å². The first-order valence-corrected chi connectivity index (χ1v) is 7.22. The molecule has 1 atom stereocenters. The Morgan fingerprint density at radius 3 is 2.71 bits per heavy atom. The van der Waals surface area contributed by atoms with Crippen LogP contribution in [0.15, 0.2) is 42.5 Å². The summed E-state index contributed by atoms with van der Waals surface area (Å²) in [6, 6.07) is 14.3.